The molecule has 1 rings (SSSR count). The first kappa shape index (κ1) is 15.0. The van der Waals surface area contributed by atoms with Crippen molar-refractivity contribution in [2.45, 2.75) is 32.7 Å². The molecule has 0 spiro atoms. The summed E-state index contributed by atoms with van der Waals surface area (Å²) in [7, 11) is 0. The van der Waals surface area contributed by atoms with Crippen molar-refractivity contribution in [3.63, 3.8) is 0 Å². The number of carbonyl (C=O) groups excluding carboxylic acids is 2. The monoisotopic (exact) mass is 264 g/mol. The average Bonchev–Trinajstić information content (AvgIpc) is 2.24. The molecule has 1 aromatic rings. The zero-order valence-electron chi connectivity index (χ0n) is 11.5. The summed E-state index contributed by atoms with van der Waals surface area (Å²) >= 11 is 0. The van der Waals surface area contributed by atoms with Gasteiger partial charge in [-0.25, -0.2) is 0 Å². The van der Waals surface area contributed by atoms with Crippen LogP contribution in [0.4, 0.5) is 0 Å². The van der Waals surface area contributed by atoms with Crippen LogP contribution in [0.25, 0.3) is 0 Å². The standard InChI is InChI=1S/C14H20N2O3/c1-14(2,3)16-13(19)9-15-12(18)8-10-5-4-6-11(17)7-10/h4-7,17H,8-9H2,1-3H3,(H,15,18)(H,16,19). The van der Waals surface area contributed by atoms with Gasteiger partial charge in [0.15, 0.2) is 0 Å². The molecule has 3 N–H and O–H groups in total. The normalized spacial score (nSPS) is 10.9. The molecule has 0 aliphatic heterocycles. The van der Waals surface area contributed by atoms with Crippen molar-refractivity contribution in [2.75, 3.05) is 6.54 Å². The van der Waals surface area contributed by atoms with Gasteiger partial charge in [-0.05, 0) is 38.5 Å². The van der Waals surface area contributed by atoms with Gasteiger partial charge in [0.2, 0.25) is 11.8 Å². The van der Waals surface area contributed by atoms with Gasteiger partial charge in [-0.2, -0.15) is 0 Å². The first-order valence-corrected chi connectivity index (χ1v) is 6.12. The zero-order valence-corrected chi connectivity index (χ0v) is 11.5. The van der Waals surface area contributed by atoms with Gasteiger partial charge in [0.05, 0.1) is 13.0 Å². The highest BCUT2D eigenvalue weighted by molar-refractivity contribution is 5.86. The Kier molecular flexibility index (Phi) is 4.92. The molecular formula is C14H20N2O3. The van der Waals surface area contributed by atoms with Crippen molar-refractivity contribution in [3.05, 3.63) is 29.8 Å². The van der Waals surface area contributed by atoms with Crippen LogP contribution in [0.15, 0.2) is 24.3 Å². The fourth-order valence-electron chi connectivity index (χ4n) is 1.56. The summed E-state index contributed by atoms with van der Waals surface area (Å²) in [6.45, 7) is 5.58. The third-order valence-corrected chi connectivity index (χ3v) is 2.24. The summed E-state index contributed by atoms with van der Waals surface area (Å²) in [4.78, 5) is 23.1. The van der Waals surface area contributed by atoms with Gasteiger partial charge in [0.25, 0.3) is 0 Å². The Balaban J connectivity index is 2.38. The van der Waals surface area contributed by atoms with Gasteiger partial charge >= 0.3 is 0 Å². The summed E-state index contributed by atoms with van der Waals surface area (Å²) in [5.74, 6) is -0.359. The van der Waals surface area contributed by atoms with Gasteiger partial charge in [-0.15, -0.1) is 0 Å². The maximum Gasteiger partial charge on any atom is 0.239 e. The number of hydrogen-bond acceptors (Lipinski definition) is 3. The number of nitrogens with one attached hydrogen (secondary N) is 2. The van der Waals surface area contributed by atoms with Gasteiger partial charge in [-0.3, -0.25) is 9.59 Å². The molecule has 104 valence electrons. The molecule has 2 amide bonds. The van der Waals surface area contributed by atoms with Crippen molar-refractivity contribution in [2.24, 2.45) is 0 Å². The molecule has 0 atom stereocenters. The van der Waals surface area contributed by atoms with E-state index in [0.717, 1.165) is 0 Å². The largest absolute Gasteiger partial charge is 0.508 e. The maximum absolute atomic E-state index is 11.6. The number of hydrogen-bond donors (Lipinski definition) is 3. The lowest BCUT2D eigenvalue weighted by molar-refractivity contribution is -0.126. The van der Waals surface area contributed by atoms with Gasteiger partial charge in [0, 0.05) is 5.54 Å². The minimum absolute atomic E-state index is 0.0467. The van der Waals surface area contributed by atoms with Crippen LogP contribution in [0.2, 0.25) is 0 Å². The number of benzene rings is 1. The summed E-state index contributed by atoms with van der Waals surface area (Å²) < 4.78 is 0. The third-order valence-electron chi connectivity index (χ3n) is 2.24. The van der Waals surface area contributed by atoms with E-state index in [9.17, 15) is 14.7 Å². The Morgan fingerprint density at radius 1 is 1.21 bits per heavy atom. The molecule has 0 aromatic heterocycles. The van der Waals surface area contributed by atoms with Crippen molar-refractivity contribution in [1.29, 1.82) is 0 Å². The van der Waals surface area contributed by atoms with Gasteiger partial charge < -0.3 is 15.7 Å². The molecule has 5 heteroatoms. The van der Waals surface area contributed by atoms with Crippen LogP contribution in [0, 0.1) is 0 Å². The molecule has 0 fully saturated rings. The molecule has 0 saturated heterocycles. The maximum atomic E-state index is 11.6. The smallest absolute Gasteiger partial charge is 0.239 e. The van der Waals surface area contributed by atoms with Crippen LogP contribution >= 0.6 is 0 Å². The fraction of sp³-hybridized carbons (Fsp3) is 0.429. The molecule has 0 heterocycles. The Hall–Kier alpha value is -2.04. The number of phenolic OH excluding ortho intramolecular Hbond substituents is 1. The lowest BCUT2D eigenvalue weighted by Gasteiger charge is -2.20. The Bertz CT molecular complexity index is 464. The molecule has 1 aromatic carbocycles. The van der Waals surface area contributed by atoms with Gasteiger partial charge in [0.1, 0.15) is 5.75 Å². The van der Waals surface area contributed by atoms with Crippen LogP contribution in [0.3, 0.4) is 0 Å². The second kappa shape index (κ2) is 6.22. The van der Waals surface area contributed by atoms with Gasteiger partial charge in [-0.1, -0.05) is 12.1 Å². The summed E-state index contributed by atoms with van der Waals surface area (Å²) in [6, 6.07) is 6.48. The zero-order chi connectivity index (χ0) is 14.5. The van der Waals surface area contributed by atoms with Crippen LogP contribution in [0.1, 0.15) is 26.3 Å². The summed E-state index contributed by atoms with van der Waals surface area (Å²) in [6.07, 6.45) is 0.136. The molecular weight excluding hydrogens is 244 g/mol. The molecule has 19 heavy (non-hydrogen) atoms. The molecule has 0 aliphatic carbocycles. The fourth-order valence-corrected chi connectivity index (χ4v) is 1.56. The van der Waals surface area contributed by atoms with E-state index in [2.05, 4.69) is 10.6 Å². The average molecular weight is 264 g/mol. The third kappa shape index (κ3) is 6.45. The highest BCUT2D eigenvalue weighted by Crippen LogP contribution is 2.11. The summed E-state index contributed by atoms with van der Waals surface area (Å²) in [5.41, 5.74) is 0.390. The molecule has 0 saturated carbocycles. The van der Waals surface area contributed by atoms with Crippen LogP contribution < -0.4 is 10.6 Å². The van der Waals surface area contributed by atoms with Crippen LogP contribution in [0.5, 0.6) is 5.75 Å². The lowest BCUT2D eigenvalue weighted by Crippen LogP contribution is -2.46. The topological polar surface area (TPSA) is 78.4 Å². The number of phenols is 1. The van der Waals surface area contributed by atoms with Crippen LogP contribution in [-0.2, 0) is 16.0 Å². The van der Waals surface area contributed by atoms with Crippen molar-refractivity contribution < 1.29 is 14.7 Å². The molecule has 5 nitrogen and oxygen atoms in total. The number of amides is 2. The summed E-state index contributed by atoms with van der Waals surface area (Å²) in [5, 5.41) is 14.6. The highest BCUT2D eigenvalue weighted by Gasteiger charge is 2.14. The number of rotatable bonds is 4. The van der Waals surface area contributed by atoms with Crippen LogP contribution in [-0.4, -0.2) is 29.0 Å². The van der Waals surface area contributed by atoms with E-state index < -0.39 is 0 Å². The Morgan fingerprint density at radius 3 is 2.47 bits per heavy atom. The first-order valence-electron chi connectivity index (χ1n) is 6.12. The van der Waals surface area contributed by atoms with E-state index in [-0.39, 0.29) is 36.1 Å². The second-order valence-corrected chi connectivity index (χ2v) is 5.42. The molecule has 0 aliphatic rings. The molecule has 0 bridgehead atoms. The SMILES string of the molecule is CC(C)(C)NC(=O)CNC(=O)Cc1cccc(O)c1. The van der Waals surface area contributed by atoms with E-state index in [0.29, 0.717) is 5.56 Å². The van der Waals surface area contributed by atoms with E-state index in [1.165, 1.54) is 12.1 Å². The molecule has 0 radical (unpaired) electrons. The number of aromatic hydroxyl groups is 1. The minimum Gasteiger partial charge on any atom is -0.508 e. The highest BCUT2D eigenvalue weighted by atomic mass is 16.3. The van der Waals surface area contributed by atoms with Crippen molar-refractivity contribution in [3.8, 4) is 5.75 Å². The number of carbonyl (C=O) groups is 2. The minimum atomic E-state index is -0.312. The second-order valence-electron chi connectivity index (χ2n) is 5.42. The predicted molar refractivity (Wildman–Crippen MR) is 72.7 cm³/mol. The molecule has 0 unspecified atom stereocenters. The van der Waals surface area contributed by atoms with Crippen molar-refractivity contribution >= 4 is 11.8 Å². The Morgan fingerprint density at radius 2 is 1.89 bits per heavy atom. The van der Waals surface area contributed by atoms with E-state index in [4.69, 9.17) is 0 Å². The van der Waals surface area contributed by atoms with E-state index in [1.807, 2.05) is 20.8 Å². The predicted octanol–water partition coefficient (Wildman–Crippen LogP) is 0.966. The quantitative estimate of drug-likeness (QED) is 0.758. The van der Waals surface area contributed by atoms with Crippen molar-refractivity contribution in [1.82, 2.24) is 10.6 Å². The van der Waals surface area contributed by atoms with E-state index in [1.54, 1.807) is 12.1 Å². The lowest BCUT2D eigenvalue weighted by atomic mass is 10.1. The van der Waals surface area contributed by atoms with E-state index >= 15 is 0 Å². The first-order chi connectivity index (χ1) is 8.76. The Labute approximate surface area is 113 Å².